The average molecular weight is 238 g/mol. The molecule has 1 N–H and O–H groups in total. The van der Waals surface area contributed by atoms with Crippen molar-refractivity contribution in [2.75, 3.05) is 0 Å². The lowest BCUT2D eigenvalue weighted by molar-refractivity contribution is 0.742. The molecule has 2 aromatic rings. The van der Waals surface area contributed by atoms with Crippen molar-refractivity contribution < 1.29 is 0 Å². The molecule has 1 atom stereocenters. The Labute approximate surface area is 108 Å². The first-order chi connectivity index (χ1) is 8.86. The molecule has 0 bridgehead atoms. The molecule has 0 saturated heterocycles. The summed E-state index contributed by atoms with van der Waals surface area (Å²) in [6.45, 7) is 2.90. The summed E-state index contributed by atoms with van der Waals surface area (Å²) < 4.78 is 0. The van der Waals surface area contributed by atoms with Gasteiger partial charge in [0, 0.05) is 12.1 Å². The zero-order chi connectivity index (χ0) is 12.6. The van der Waals surface area contributed by atoms with E-state index in [4.69, 9.17) is 0 Å². The van der Waals surface area contributed by atoms with E-state index >= 15 is 0 Å². The number of hydrogen-bond acceptors (Lipinski definition) is 2. The van der Waals surface area contributed by atoms with Crippen molar-refractivity contribution in [3.8, 4) is 0 Å². The first-order valence-corrected chi connectivity index (χ1v) is 6.21. The second-order valence-corrected chi connectivity index (χ2v) is 4.30. The van der Waals surface area contributed by atoms with Crippen molar-refractivity contribution in [1.29, 1.82) is 0 Å². The number of hydrogen-bond donors (Lipinski definition) is 1. The number of hydrazone groups is 1. The third-order valence-corrected chi connectivity index (χ3v) is 2.84. The van der Waals surface area contributed by atoms with Gasteiger partial charge in [0.05, 0.1) is 6.54 Å². The highest BCUT2D eigenvalue weighted by molar-refractivity contribution is 5.66. The Balaban J connectivity index is 1.82. The van der Waals surface area contributed by atoms with Gasteiger partial charge in [0.15, 0.2) is 0 Å². The summed E-state index contributed by atoms with van der Waals surface area (Å²) in [4.78, 5) is 0. The van der Waals surface area contributed by atoms with Crippen LogP contribution in [0.3, 0.4) is 0 Å². The molecule has 18 heavy (non-hydrogen) atoms. The number of benzene rings is 2. The molecule has 0 saturated carbocycles. The number of rotatable bonds is 5. The maximum atomic E-state index is 4.27. The van der Waals surface area contributed by atoms with Crippen LogP contribution in [0.15, 0.2) is 65.8 Å². The Hall–Kier alpha value is -2.09. The molecule has 0 aliphatic heterocycles. The monoisotopic (exact) mass is 238 g/mol. The molecular formula is C16H18N2. The SMILES string of the molecule is CC(C=NNCc1ccccc1)c1ccccc1. The normalized spacial score (nSPS) is 12.5. The van der Waals surface area contributed by atoms with E-state index in [1.165, 1.54) is 11.1 Å². The molecule has 2 rings (SSSR count). The lowest BCUT2D eigenvalue weighted by Gasteiger charge is -2.05. The molecule has 0 amide bonds. The number of nitrogens with one attached hydrogen (secondary N) is 1. The highest BCUT2D eigenvalue weighted by Crippen LogP contribution is 2.11. The summed E-state index contributed by atoms with van der Waals surface area (Å²) in [7, 11) is 0. The molecule has 1 unspecified atom stereocenters. The van der Waals surface area contributed by atoms with Crippen molar-refractivity contribution in [3.05, 3.63) is 71.8 Å². The smallest absolute Gasteiger partial charge is 0.0579 e. The summed E-state index contributed by atoms with van der Waals surface area (Å²) in [5.74, 6) is 0.328. The standard InChI is InChI=1S/C16H18N2/c1-14(16-10-6-3-7-11-16)12-17-18-13-15-8-4-2-5-9-15/h2-12,14,18H,13H2,1H3. The van der Waals surface area contributed by atoms with E-state index in [0.717, 1.165) is 6.54 Å². The van der Waals surface area contributed by atoms with Crippen LogP contribution in [0.4, 0.5) is 0 Å². The molecular weight excluding hydrogens is 220 g/mol. The average Bonchev–Trinajstić information content (AvgIpc) is 2.45. The van der Waals surface area contributed by atoms with Crippen molar-refractivity contribution in [2.24, 2.45) is 5.10 Å². The fourth-order valence-corrected chi connectivity index (χ4v) is 1.74. The van der Waals surface area contributed by atoms with Gasteiger partial charge in [-0.25, -0.2) is 0 Å². The quantitative estimate of drug-likeness (QED) is 0.625. The van der Waals surface area contributed by atoms with Crippen LogP contribution in [0.1, 0.15) is 24.0 Å². The fourth-order valence-electron chi connectivity index (χ4n) is 1.74. The molecule has 0 spiro atoms. The summed E-state index contributed by atoms with van der Waals surface area (Å²) in [5.41, 5.74) is 5.59. The second-order valence-electron chi connectivity index (χ2n) is 4.30. The topological polar surface area (TPSA) is 24.4 Å². The van der Waals surface area contributed by atoms with E-state index < -0.39 is 0 Å². The maximum Gasteiger partial charge on any atom is 0.0579 e. The fraction of sp³-hybridized carbons (Fsp3) is 0.188. The summed E-state index contributed by atoms with van der Waals surface area (Å²) in [6.07, 6.45) is 1.94. The van der Waals surface area contributed by atoms with E-state index in [9.17, 15) is 0 Å². The van der Waals surface area contributed by atoms with Gasteiger partial charge in [0.2, 0.25) is 0 Å². The van der Waals surface area contributed by atoms with E-state index in [1.54, 1.807) is 0 Å². The second kappa shape index (κ2) is 6.60. The third-order valence-electron chi connectivity index (χ3n) is 2.84. The molecule has 0 fully saturated rings. The molecule has 92 valence electrons. The molecule has 0 heterocycles. The molecule has 0 aliphatic rings. The molecule has 0 radical (unpaired) electrons. The lowest BCUT2D eigenvalue weighted by Crippen LogP contribution is -2.06. The predicted molar refractivity (Wildman–Crippen MR) is 76.6 cm³/mol. The zero-order valence-corrected chi connectivity index (χ0v) is 10.6. The Morgan fingerprint density at radius 2 is 1.61 bits per heavy atom. The molecule has 0 aliphatic carbocycles. The zero-order valence-electron chi connectivity index (χ0n) is 10.6. The summed E-state index contributed by atoms with van der Waals surface area (Å²) in [5, 5.41) is 4.27. The minimum atomic E-state index is 0.328. The van der Waals surface area contributed by atoms with Crippen molar-refractivity contribution in [2.45, 2.75) is 19.4 Å². The lowest BCUT2D eigenvalue weighted by atomic mass is 10.0. The Morgan fingerprint density at radius 1 is 1.00 bits per heavy atom. The van der Waals surface area contributed by atoms with Gasteiger partial charge in [-0.3, -0.25) is 0 Å². The maximum absolute atomic E-state index is 4.27. The van der Waals surface area contributed by atoms with Gasteiger partial charge in [-0.05, 0) is 11.1 Å². The van der Waals surface area contributed by atoms with Crippen LogP contribution in [0.2, 0.25) is 0 Å². The summed E-state index contributed by atoms with van der Waals surface area (Å²) in [6, 6.07) is 20.6. The van der Waals surface area contributed by atoms with Gasteiger partial charge in [0.1, 0.15) is 0 Å². The minimum absolute atomic E-state index is 0.328. The largest absolute Gasteiger partial charge is 0.306 e. The molecule has 2 heteroatoms. The van der Waals surface area contributed by atoms with Gasteiger partial charge < -0.3 is 5.43 Å². The third kappa shape index (κ3) is 3.74. The van der Waals surface area contributed by atoms with Crippen LogP contribution in [0.25, 0.3) is 0 Å². The van der Waals surface area contributed by atoms with E-state index in [0.29, 0.717) is 5.92 Å². The summed E-state index contributed by atoms with van der Waals surface area (Å²) >= 11 is 0. The van der Waals surface area contributed by atoms with Crippen LogP contribution in [0, 0.1) is 0 Å². The first kappa shape index (κ1) is 12.4. The van der Waals surface area contributed by atoms with Crippen molar-refractivity contribution >= 4 is 6.21 Å². The first-order valence-electron chi connectivity index (χ1n) is 6.21. The highest BCUT2D eigenvalue weighted by Gasteiger charge is 1.99. The molecule has 0 aromatic heterocycles. The van der Waals surface area contributed by atoms with Crippen LogP contribution < -0.4 is 5.43 Å². The predicted octanol–water partition coefficient (Wildman–Crippen LogP) is 3.57. The van der Waals surface area contributed by atoms with Crippen LogP contribution in [0.5, 0.6) is 0 Å². The van der Waals surface area contributed by atoms with Crippen molar-refractivity contribution in [1.82, 2.24) is 5.43 Å². The van der Waals surface area contributed by atoms with Crippen LogP contribution in [-0.2, 0) is 6.54 Å². The van der Waals surface area contributed by atoms with E-state index in [1.807, 2.05) is 30.5 Å². The van der Waals surface area contributed by atoms with Crippen LogP contribution in [-0.4, -0.2) is 6.21 Å². The van der Waals surface area contributed by atoms with Crippen LogP contribution >= 0.6 is 0 Å². The van der Waals surface area contributed by atoms with E-state index in [2.05, 4.69) is 53.8 Å². The number of nitrogens with zero attached hydrogens (tertiary/aromatic N) is 1. The van der Waals surface area contributed by atoms with E-state index in [-0.39, 0.29) is 0 Å². The van der Waals surface area contributed by atoms with Gasteiger partial charge >= 0.3 is 0 Å². The minimum Gasteiger partial charge on any atom is -0.306 e. The van der Waals surface area contributed by atoms with Gasteiger partial charge in [-0.2, -0.15) is 5.10 Å². The molecule has 2 aromatic carbocycles. The van der Waals surface area contributed by atoms with Gasteiger partial charge in [-0.15, -0.1) is 0 Å². The van der Waals surface area contributed by atoms with Gasteiger partial charge in [-0.1, -0.05) is 67.6 Å². The van der Waals surface area contributed by atoms with Crippen molar-refractivity contribution in [3.63, 3.8) is 0 Å². The highest BCUT2D eigenvalue weighted by atomic mass is 15.3. The Kier molecular flexibility index (Phi) is 4.53. The van der Waals surface area contributed by atoms with Gasteiger partial charge in [0.25, 0.3) is 0 Å². The Bertz CT molecular complexity index is 477. The molecule has 2 nitrogen and oxygen atoms in total. The Morgan fingerprint density at radius 3 is 2.28 bits per heavy atom.